The van der Waals surface area contributed by atoms with Crippen molar-refractivity contribution in [1.82, 2.24) is 9.80 Å². The molecule has 1 atom stereocenters. The van der Waals surface area contributed by atoms with E-state index in [0.29, 0.717) is 6.04 Å². The van der Waals surface area contributed by atoms with Gasteiger partial charge in [-0.2, -0.15) is 0 Å². The third-order valence-electron chi connectivity index (χ3n) is 1.79. The predicted octanol–water partition coefficient (Wildman–Crippen LogP) is 0.415. The van der Waals surface area contributed by atoms with Crippen LogP contribution in [-0.4, -0.2) is 49.4 Å². The van der Waals surface area contributed by atoms with Crippen LogP contribution in [0.25, 0.3) is 0 Å². The molecule has 66 valence electrons. The van der Waals surface area contributed by atoms with Crippen molar-refractivity contribution in [3.8, 4) is 0 Å². The normalized spacial score (nSPS) is 13.3. The van der Waals surface area contributed by atoms with E-state index in [1.807, 2.05) is 28.1 Å². The van der Waals surface area contributed by atoms with Crippen LogP contribution >= 0.6 is 0 Å². The van der Waals surface area contributed by atoms with Crippen LogP contribution in [0.2, 0.25) is 0 Å². The van der Waals surface area contributed by atoms with Crippen LogP contribution in [0.4, 0.5) is 0 Å². The lowest BCUT2D eigenvalue weighted by atomic mass is 10.3. The van der Waals surface area contributed by atoms with Gasteiger partial charge in [0.1, 0.15) is 0 Å². The zero-order chi connectivity index (χ0) is 9.02. The van der Waals surface area contributed by atoms with Crippen molar-refractivity contribution in [2.24, 2.45) is 0 Å². The predicted molar refractivity (Wildman–Crippen MR) is 46.5 cm³/mol. The molecule has 0 aliphatic heterocycles. The Morgan fingerprint density at radius 1 is 1.36 bits per heavy atom. The lowest BCUT2D eigenvalue weighted by Crippen LogP contribution is -2.39. The lowest BCUT2D eigenvalue weighted by molar-refractivity contribution is -0.129. The van der Waals surface area contributed by atoms with Crippen molar-refractivity contribution in [3.05, 3.63) is 0 Å². The number of amides is 1. The van der Waals surface area contributed by atoms with Gasteiger partial charge < -0.3 is 9.80 Å². The summed E-state index contributed by atoms with van der Waals surface area (Å²) in [5.74, 6) is 0.124. The minimum atomic E-state index is 0.124. The Balaban J connectivity index is 3.82. The van der Waals surface area contributed by atoms with Gasteiger partial charge in [0.05, 0.1) is 0 Å². The van der Waals surface area contributed by atoms with Crippen LogP contribution in [0.5, 0.6) is 0 Å². The van der Waals surface area contributed by atoms with Gasteiger partial charge in [0.2, 0.25) is 5.91 Å². The molecule has 11 heavy (non-hydrogen) atoms. The van der Waals surface area contributed by atoms with E-state index in [2.05, 4.69) is 4.90 Å². The topological polar surface area (TPSA) is 23.6 Å². The molecule has 0 N–H and O–H groups in total. The van der Waals surface area contributed by atoms with Crippen LogP contribution in [0.3, 0.4) is 0 Å². The van der Waals surface area contributed by atoms with Crippen LogP contribution in [0.1, 0.15) is 13.8 Å². The third kappa shape index (κ3) is 3.98. The van der Waals surface area contributed by atoms with Gasteiger partial charge in [-0.1, -0.05) is 0 Å². The molecule has 0 bridgehead atoms. The number of rotatable bonds is 3. The number of hydrogen-bond donors (Lipinski definition) is 0. The Kier molecular flexibility index (Phi) is 4.11. The number of nitrogens with zero attached hydrogens (tertiary/aromatic N) is 2. The summed E-state index contributed by atoms with van der Waals surface area (Å²) in [6.45, 7) is 4.55. The van der Waals surface area contributed by atoms with Crippen molar-refractivity contribution >= 4 is 5.91 Å². The molecule has 0 aromatic carbocycles. The molecule has 0 aromatic heterocycles. The number of likely N-dealkylation sites (N-methyl/N-ethyl adjacent to an activating group) is 2. The fraction of sp³-hybridized carbons (Fsp3) is 0.875. The second-order valence-corrected chi connectivity index (χ2v) is 3.24. The molecule has 0 radical (unpaired) electrons. The maximum Gasteiger partial charge on any atom is 0.219 e. The molecule has 3 heteroatoms. The molecule has 0 unspecified atom stereocenters. The number of hydrogen-bond acceptors (Lipinski definition) is 2. The second kappa shape index (κ2) is 4.34. The van der Waals surface area contributed by atoms with Gasteiger partial charge in [0.15, 0.2) is 0 Å². The zero-order valence-corrected chi connectivity index (χ0v) is 8.09. The minimum Gasteiger partial charge on any atom is -0.342 e. The van der Waals surface area contributed by atoms with Crippen LogP contribution < -0.4 is 0 Å². The van der Waals surface area contributed by atoms with E-state index in [-0.39, 0.29) is 5.91 Å². The summed E-state index contributed by atoms with van der Waals surface area (Å²) in [7, 11) is 5.84. The average Bonchev–Trinajstić information content (AvgIpc) is 1.84. The van der Waals surface area contributed by atoms with E-state index in [0.717, 1.165) is 6.54 Å². The molecular formula is C8H18N2O. The fourth-order valence-corrected chi connectivity index (χ4v) is 0.961. The zero-order valence-electron chi connectivity index (χ0n) is 8.09. The van der Waals surface area contributed by atoms with Crippen LogP contribution in [-0.2, 0) is 4.79 Å². The van der Waals surface area contributed by atoms with Crippen LogP contribution in [0.15, 0.2) is 0 Å². The highest BCUT2D eigenvalue weighted by molar-refractivity contribution is 5.73. The second-order valence-electron chi connectivity index (χ2n) is 3.24. The molecule has 0 spiro atoms. The largest absolute Gasteiger partial charge is 0.342 e. The lowest BCUT2D eigenvalue weighted by Gasteiger charge is -2.26. The van der Waals surface area contributed by atoms with Crippen LogP contribution in [0, 0.1) is 0 Å². The Hall–Kier alpha value is -0.570. The van der Waals surface area contributed by atoms with Gasteiger partial charge in [-0.05, 0) is 21.0 Å². The Labute approximate surface area is 69.0 Å². The molecule has 3 nitrogen and oxygen atoms in total. The smallest absolute Gasteiger partial charge is 0.219 e. The molecule has 0 aromatic rings. The number of carbonyl (C=O) groups excluding carboxylic acids is 1. The van der Waals surface area contributed by atoms with Gasteiger partial charge in [0, 0.05) is 26.6 Å². The number of carbonyl (C=O) groups is 1. The fourth-order valence-electron chi connectivity index (χ4n) is 0.961. The van der Waals surface area contributed by atoms with Crippen molar-refractivity contribution in [2.45, 2.75) is 19.9 Å². The molecule has 0 saturated heterocycles. The molecule has 0 saturated carbocycles. The first-order valence-corrected chi connectivity index (χ1v) is 3.83. The Bertz CT molecular complexity index is 134. The van der Waals surface area contributed by atoms with E-state index in [9.17, 15) is 4.79 Å². The standard InChI is InChI=1S/C8H18N2O/c1-7(6-9(3)4)10(5)8(2)11/h7H,6H2,1-5H3/t7-/m1/s1. The Morgan fingerprint density at radius 3 is 2.09 bits per heavy atom. The van der Waals surface area contributed by atoms with E-state index in [1.54, 1.807) is 11.8 Å². The first-order valence-electron chi connectivity index (χ1n) is 3.83. The summed E-state index contributed by atoms with van der Waals surface area (Å²) in [5, 5.41) is 0. The van der Waals surface area contributed by atoms with E-state index < -0.39 is 0 Å². The van der Waals surface area contributed by atoms with Gasteiger partial charge in [-0.15, -0.1) is 0 Å². The maximum atomic E-state index is 10.9. The summed E-state index contributed by atoms with van der Waals surface area (Å²) in [4.78, 5) is 14.7. The summed E-state index contributed by atoms with van der Waals surface area (Å²) >= 11 is 0. The molecule has 1 amide bonds. The summed E-state index contributed by atoms with van der Waals surface area (Å²) in [6.07, 6.45) is 0. The summed E-state index contributed by atoms with van der Waals surface area (Å²) in [6, 6.07) is 0.294. The summed E-state index contributed by atoms with van der Waals surface area (Å²) in [5.41, 5.74) is 0. The molecule has 0 rings (SSSR count). The maximum absolute atomic E-state index is 10.9. The first-order chi connectivity index (χ1) is 4.95. The molecule has 0 fully saturated rings. The van der Waals surface area contributed by atoms with E-state index in [4.69, 9.17) is 0 Å². The molecule has 0 heterocycles. The van der Waals surface area contributed by atoms with Crippen molar-refractivity contribution in [1.29, 1.82) is 0 Å². The highest BCUT2D eigenvalue weighted by atomic mass is 16.2. The van der Waals surface area contributed by atoms with E-state index >= 15 is 0 Å². The molecular weight excluding hydrogens is 140 g/mol. The highest BCUT2D eigenvalue weighted by Crippen LogP contribution is 1.96. The van der Waals surface area contributed by atoms with Crippen molar-refractivity contribution < 1.29 is 4.79 Å². The highest BCUT2D eigenvalue weighted by Gasteiger charge is 2.11. The monoisotopic (exact) mass is 158 g/mol. The van der Waals surface area contributed by atoms with Gasteiger partial charge in [-0.25, -0.2) is 0 Å². The van der Waals surface area contributed by atoms with Gasteiger partial charge in [-0.3, -0.25) is 4.79 Å². The molecule has 0 aliphatic carbocycles. The first kappa shape index (κ1) is 10.4. The molecule has 0 aliphatic rings. The van der Waals surface area contributed by atoms with Gasteiger partial charge >= 0.3 is 0 Å². The average molecular weight is 158 g/mol. The Morgan fingerprint density at radius 2 is 1.82 bits per heavy atom. The van der Waals surface area contributed by atoms with E-state index in [1.165, 1.54) is 0 Å². The SMILES string of the molecule is CC(=O)N(C)[C@H](C)CN(C)C. The van der Waals surface area contributed by atoms with Crippen molar-refractivity contribution in [3.63, 3.8) is 0 Å². The van der Waals surface area contributed by atoms with Gasteiger partial charge in [0.25, 0.3) is 0 Å². The minimum absolute atomic E-state index is 0.124. The summed E-state index contributed by atoms with van der Waals surface area (Å²) < 4.78 is 0. The van der Waals surface area contributed by atoms with Crippen molar-refractivity contribution in [2.75, 3.05) is 27.7 Å². The quantitative estimate of drug-likeness (QED) is 0.594. The third-order valence-corrected chi connectivity index (χ3v) is 1.79.